The molecule has 1 aliphatic heterocycles. The van der Waals surface area contributed by atoms with E-state index in [1.165, 1.54) is 12.8 Å². The normalized spacial score (nSPS) is 17.6. The maximum absolute atomic E-state index is 12.3. The zero-order valence-corrected chi connectivity index (χ0v) is 14.4. The van der Waals surface area contributed by atoms with Crippen LogP contribution in [0.3, 0.4) is 0 Å². The van der Waals surface area contributed by atoms with Gasteiger partial charge in [0.25, 0.3) is 5.91 Å². The minimum atomic E-state index is -0.182. The van der Waals surface area contributed by atoms with Crippen molar-refractivity contribution in [3.05, 3.63) is 42.1 Å². The minimum absolute atomic E-state index is 0.182. The molecule has 1 atom stereocenters. The maximum Gasteiger partial charge on any atom is 0.273 e. The second-order valence-electron chi connectivity index (χ2n) is 6.72. The molecule has 2 aromatic rings. The van der Waals surface area contributed by atoms with Gasteiger partial charge in [0.05, 0.1) is 0 Å². The lowest BCUT2D eigenvalue weighted by Crippen LogP contribution is -2.45. The molecule has 1 amide bonds. The molecule has 3 rings (SSSR count). The first-order valence-electron chi connectivity index (χ1n) is 8.68. The van der Waals surface area contributed by atoms with Gasteiger partial charge in [-0.15, -0.1) is 0 Å². The summed E-state index contributed by atoms with van der Waals surface area (Å²) < 4.78 is 5.29. The van der Waals surface area contributed by atoms with Crippen LogP contribution in [0.15, 0.2) is 40.9 Å². The predicted octanol–water partition coefficient (Wildman–Crippen LogP) is 3.19. The number of carbonyl (C=O) groups excluding carboxylic acids is 1. The van der Waals surface area contributed by atoms with Gasteiger partial charge < -0.3 is 9.84 Å². The van der Waals surface area contributed by atoms with E-state index in [2.05, 4.69) is 29.2 Å². The molecule has 1 unspecified atom stereocenters. The Hall–Kier alpha value is -2.14. The van der Waals surface area contributed by atoms with E-state index in [4.69, 9.17) is 4.52 Å². The molecule has 1 saturated heterocycles. The van der Waals surface area contributed by atoms with Crippen molar-refractivity contribution in [2.24, 2.45) is 5.92 Å². The van der Waals surface area contributed by atoms with Crippen molar-refractivity contribution < 1.29 is 9.32 Å². The van der Waals surface area contributed by atoms with Crippen LogP contribution in [-0.2, 0) is 0 Å². The van der Waals surface area contributed by atoms with Gasteiger partial charge in [-0.3, -0.25) is 9.69 Å². The zero-order valence-electron chi connectivity index (χ0n) is 14.4. The Balaban J connectivity index is 1.53. The van der Waals surface area contributed by atoms with Crippen molar-refractivity contribution in [3.63, 3.8) is 0 Å². The van der Waals surface area contributed by atoms with Gasteiger partial charge in [0, 0.05) is 24.2 Å². The van der Waals surface area contributed by atoms with Crippen molar-refractivity contribution in [1.29, 1.82) is 0 Å². The molecule has 1 fully saturated rings. The quantitative estimate of drug-likeness (QED) is 0.916. The number of aromatic nitrogens is 1. The number of hydrogen-bond donors (Lipinski definition) is 1. The van der Waals surface area contributed by atoms with Crippen LogP contribution in [-0.4, -0.2) is 41.6 Å². The van der Waals surface area contributed by atoms with Gasteiger partial charge in [0.15, 0.2) is 11.5 Å². The number of rotatable bonds is 5. The van der Waals surface area contributed by atoms with Crippen molar-refractivity contribution in [2.45, 2.75) is 32.7 Å². The zero-order chi connectivity index (χ0) is 16.9. The molecule has 1 aromatic heterocycles. The Kier molecular flexibility index (Phi) is 5.30. The molecule has 0 radical (unpaired) electrons. The van der Waals surface area contributed by atoms with Gasteiger partial charge in [0.1, 0.15) is 0 Å². The fraction of sp³-hybridized carbons (Fsp3) is 0.474. The summed E-state index contributed by atoms with van der Waals surface area (Å²) in [6, 6.07) is 11.7. The number of piperidine rings is 1. The SMILES string of the molecule is CC1CCN(C(C)CNC(=O)c2cc(-c3ccccc3)on2)CC1. The van der Waals surface area contributed by atoms with Crippen LogP contribution in [0.4, 0.5) is 0 Å². The van der Waals surface area contributed by atoms with E-state index >= 15 is 0 Å². The largest absolute Gasteiger partial charge is 0.355 e. The molecule has 5 nitrogen and oxygen atoms in total. The van der Waals surface area contributed by atoms with Gasteiger partial charge >= 0.3 is 0 Å². The lowest BCUT2D eigenvalue weighted by Gasteiger charge is -2.34. The summed E-state index contributed by atoms with van der Waals surface area (Å²) in [6.45, 7) is 7.31. The molecule has 0 aliphatic carbocycles. The first-order valence-corrected chi connectivity index (χ1v) is 8.68. The summed E-state index contributed by atoms with van der Waals surface area (Å²) in [6.07, 6.45) is 2.48. The van der Waals surface area contributed by atoms with E-state index in [9.17, 15) is 4.79 Å². The lowest BCUT2D eigenvalue weighted by molar-refractivity contribution is 0.0913. The van der Waals surface area contributed by atoms with Crippen molar-refractivity contribution in [1.82, 2.24) is 15.4 Å². The molecular formula is C19H25N3O2. The van der Waals surface area contributed by atoms with E-state index in [0.717, 1.165) is 24.6 Å². The molecular weight excluding hydrogens is 302 g/mol. The molecule has 0 spiro atoms. The molecule has 5 heteroatoms. The van der Waals surface area contributed by atoms with Gasteiger partial charge in [-0.2, -0.15) is 0 Å². The number of likely N-dealkylation sites (tertiary alicyclic amines) is 1. The van der Waals surface area contributed by atoms with Crippen LogP contribution in [0, 0.1) is 5.92 Å². The maximum atomic E-state index is 12.3. The highest BCUT2D eigenvalue weighted by atomic mass is 16.5. The van der Waals surface area contributed by atoms with Crippen LogP contribution in [0.2, 0.25) is 0 Å². The third kappa shape index (κ3) is 4.03. The van der Waals surface area contributed by atoms with E-state index in [-0.39, 0.29) is 5.91 Å². The first-order chi connectivity index (χ1) is 11.6. The highest BCUT2D eigenvalue weighted by molar-refractivity contribution is 5.93. The summed E-state index contributed by atoms with van der Waals surface area (Å²) in [5.41, 5.74) is 1.24. The van der Waals surface area contributed by atoms with Crippen LogP contribution in [0.5, 0.6) is 0 Å². The smallest absolute Gasteiger partial charge is 0.273 e. The van der Waals surface area contributed by atoms with Crippen molar-refractivity contribution in [2.75, 3.05) is 19.6 Å². The fourth-order valence-corrected chi connectivity index (χ4v) is 3.05. The molecule has 1 aliphatic rings. The van der Waals surface area contributed by atoms with Gasteiger partial charge in [0.2, 0.25) is 0 Å². The van der Waals surface area contributed by atoms with Crippen LogP contribution < -0.4 is 5.32 Å². The Morgan fingerprint density at radius 1 is 1.33 bits per heavy atom. The van der Waals surface area contributed by atoms with Gasteiger partial charge in [-0.25, -0.2) is 0 Å². The Labute approximate surface area is 143 Å². The Morgan fingerprint density at radius 2 is 2.04 bits per heavy atom. The number of benzene rings is 1. The van der Waals surface area contributed by atoms with Crippen LogP contribution in [0.1, 0.15) is 37.2 Å². The van der Waals surface area contributed by atoms with E-state index < -0.39 is 0 Å². The molecule has 128 valence electrons. The number of hydrogen-bond acceptors (Lipinski definition) is 4. The number of nitrogens with one attached hydrogen (secondary N) is 1. The van der Waals surface area contributed by atoms with Crippen LogP contribution >= 0.6 is 0 Å². The Morgan fingerprint density at radius 3 is 2.75 bits per heavy atom. The minimum Gasteiger partial charge on any atom is -0.355 e. The lowest BCUT2D eigenvalue weighted by atomic mass is 9.98. The van der Waals surface area contributed by atoms with Crippen LogP contribution in [0.25, 0.3) is 11.3 Å². The second-order valence-corrected chi connectivity index (χ2v) is 6.72. The molecule has 1 N–H and O–H groups in total. The number of amides is 1. The molecule has 2 heterocycles. The first kappa shape index (κ1) is 16.7. The molecule has 0 saturated carbocycles. The average Bonchev–Trinajstić information content (AvgIpc) is 3.11. The van der Waals surface area contributed by atoms with E-state index in [0.29, 0.717) is 24.0 Å². The highest BCUT2D eigenvalue weighted by Crippen LogP contribution is 2.20. The summed E-state index contributed by atoms with van der Waals surface area (Å²) >= 11 is 0. The summed E-state index contributed by atoms with van der Waals surface area (Å²) in [4.78, 5) is 14.7. The monoisotopic (exact) mass is 327 g/mol. The highest BCUT2D eigenvalue weighted by Gasteiger charge is 2.21. The third-order valence-corrected chi connectivity index (χ3v) is 4.80. The van der Waals surface area contributed by atoms with Crippen molar-refractivity contribution in [3.8, 4) is 11.3 Å². The van der Waals surface area contributed by atoms with Gasteiger partial charge in [-0.05, 0) is 38.8 Å². The average molecular weight is 327 g/mol. The summed E-state index contributed by atoms with van der Waals surface area (Å²) in [5.74, 6) is 1.24. The number of carbonyl (C=O) groups is 1. The predicted molar refractivity (Wildman–Crippen MR) is 93.7 cm³/mol. The second kappa shape index (κ2) is 7.62. The standard InChI is InChI=1S/C19H25N3O2/c1-14-8-10-22(11-9-14)15(2)13-20-19(23)17-12-18(24-21-17)16-6-4-3-5-7-16/h3-7,12,14-15H,8-11,13H2,1-2H3,(H,20,23). The third-order valence-electron chi connectivity index (χ3n) is 4.80. The van der Waals surface area contributed by atoms with E-state index in [1.54, 1.807) is 6.07 Å². The van der Waals surface area contributed by atoms with Crippen molar-refractivity contribution >= 4 is 5.91 Å². The molecule has 0 bridgehead atoms. The fourth-order valence-electron chi connectivity index (χ4n) is 3.05. The summed E-state index contributed by atoms with van der Waals surface area (Å²) in [5, 5.41) is 6.86. The van der Waals surface area contributed by atoms with E-state index in [1.807, 2.05) is 30.3 Å². The molecule has 1 aromatic carbocycles. The van der Waals surface area contributed by atoms with Gasteiger partial charge in [-0.1, -0.05) is 42.4 Å². The molecule has 24 heavy (non-hydrogen) atoms. The Bertz CT molecular complexity index is 660. The number of nitrogens with zero attached hydrogens (tertiary/aromatic N) is 2. The summed E-state index contributed by atoms with van der Waals surface area (Å²) in [7, 11) is 0. The topological polar surface area (TPSA) is 58.4 Å².